The summed E-state index contributed by atoms with van der Waals surface area (Å²) in [6.07, 6.45) is 1.94. The van der Waals surface area contributed by atoms with Gasteiger partial charge in [0.05, 0.1) is 0 Å². The van der Waals surface area contributed by atoms with Gasteiger partial charge < -0.3 is 5.32 Å². The van der Waals surface area contributed by atoms with Crippen LogP contribution in [0.4, 0.5) is 0 Å². The van der Waals surface area contributed by atoms with Gasteiger partial charge in [0.25, 0.3) is 10.2 Å². The molecule has 5 nitrogen and oxygen atoms in total. The molecular formula is C14H33N3O2S. The highest BCUT2D eigenvalue weighted by molar-refractivity contribution is 7.86. The predicted octanol–water partition coefficient (Wildman–Crippen LogP) is 1.92. The Morgan fingerprint density at radius 1 is 1.10 bits per heavy atom. The van der Waals surface area contributed by atoms with Crippen LogP contribution in [-0.4, -0.2) is 56.3 Å². The molecule has 0 bridgehead atoms. The summed E-state index contributed by atoms with van der Waals surface area (Å²) in [4.78, 5) is 0. The largest absolute Gasteiger partial charge is 0.317 e. The molecule has 0 rings (SSSR count). The van der Waals surface area contributed by atoms with Crippen molar-refractivity contribution in [3.8, 4) is 0 Å². The summed E-state index contributed by atoms with van der Waals surface area (Å²) in [5, 5.41) is 3.29. The summed E-state index contributed by atoms with van der Waals surface area (Å²) in [6, 6.07) is -0.0110. The van der Waals surface area contributed by atoms with Crippen LogP contribution in [0.2, 0.25) is 0 Å². The zero-order valence-electron chi connectivity index (χ0n) is 14.0. The molecule has 0 fully saturated rings. The first kappa shape index (κ1) is 19.8. The minimum atomic E-state index is -3.35. The maximum Gasteiger partial charge on any atom is 0.281 e. The number of nitrogens with one attached hydrogen (secondary N) is 1. The van der Waals surface area contributed by atoms with E-state index in [2.05, 4.69) is 12.2 Å². The highest BCUT2D eigenvalue weighted by Crippen LogP contribution is 2.14. The van der Waals surface area contributed by atoms with Crippen molar-refractivity contribution >= 4 is 10.2 Å². The van der Waals surface area contributed by atoms with Crippen LogP contribution in [0.1, 0.15) is 47.5 Å². The van der Waals surface area contributed by atoms with Crippen LogP contribution in [0.25, 0.3) is 0 Å². The molecule has 0 aromatic carbocycles. The molecule has 0 saturated heterocycles. The third-order valence-corrected chi connectivity index (χ3v) is 5.20. The summed E-state index contributed by atoms with van der Waals surface area (Å²) in [5.74, 6) is 0.326. The van der Waals surface area contributed by atoms with E-state index in [1.165, 1.54) is 4.31 Å². The molecule has 0 amide bonds. The van der Waals surface area contributed by atoms with E-state index in [1.54, 1.807) is 11.4 Å². The normalized spacial score (nSPS) is 13.1. The van der Waals surface area contributed by atoms with Crippen molar-refractivity contribution < 1.29 is 8.42 Å². The molecule has 0 aliphatic carbocycles. The average Bonchev–Trinajstić information content (AvgIpc) is 2.34. The van der Waals surface area contributed by atoms with Crippen LogP contribution < -0.4 is 5.32 Å². The summed E-state index contributed by atoms with van der Waals surface area (Å²) in [5.41, 5.74) is 0. The Kier molecular flexibility index (Phi) is 9.63. The van der Waals surface area contributed by atoms with Gasteiger partial charge in [0, 0.05) is 26.2 Å². The van der Waals surface area contributed by atoms with Crippen LogP contribution in [0.3, 0.4) is 0 Å². The Balaban J connectivity index is 4.49. The van der Waals surface area contributed by atoms with Crippen LogP contribution in [-0.2, 0) is 10.2 Å². The van der Waals surface area contributed by atoms with Crippen molar-refractivity contribution in [3.05, 3.63) is 0 Å². The predicted molar refractivity (Wildman–Crippen MR) is 86.0 cm³/mol. The highest BCUT2D eigenvalue weighted by atomic mass is 32.2. The zero-order valence-corrected chi connectivity index (χ0v) is 14.8. The highest BCUT2D eigenvalue weighted by Gasteiger charge is 2.29. The van der Waals surface area contributed by atoms with E-state index in [4.69, 9.17) is 0 Å². The van der Waals surface area contributed by atoms with Gasteiger partial charge in [-0.3, -0.25) is 0 Å². The van der Waals surface area contributed by atoms with Crippen LogP contribution in [0.5, 0.6) is 0 Å². The average molecular weight is 308 g/mol. The summed E-state index contributed by atoms with van der Waals surface area (Å²) in [7, 11) is -1.68. The van der Waals surface area contributed by atoms with Gasteiger partial charge in [-0.25, -0.2) is 0 Å². The van der Waals surface area contributed by atoms with Gasteiger partial charge in [-0.05, 0) is 45.7 Å². The molecule has 1 N–H and O–H groups in total. The van der Waals surface area contributed by atoms with Crippen LogP contribution in [0, 0.1) is 5.92 Å². The Hall–Kier alpha value is -0.170. The van der Waals surface area contributed by atoms with Gasteiger partial charge >= 0.3 is 0 Å². The lowest BCUT2D eigenvalue weighted by molar-refractivity contribution is 0.291. The summed E-state index contributed by atoms with van der Waals surface area (Å²) >= 11 is 0. The molecule has 0 aromatic heterocycles. The lowest BCUT2D eigenvalue weighted by Gasteiger charge is -2.31. The van der Waals surface area contributed by atoms with Crippen molar-refractivity contribution in [3.63, 3.8) is 0 Å². The van der Waals surface area contributed by atoms with E-state index in [1.807, 2.05) is 27.7 Å². The fraction of sp³-hybridized carbons (Fsp3) is 1.00. The molecule has 6 heteroatoms. The Morgan fingerprint density at radius 3 is 2.15 bits per heavy atom. The van der Waals surface area contributed by atoms with Gasteiger partial charge in [0.1, 0.15) is 0 Å². The molecule has 0 unspecified atom stereocenters. The standard InChI is InChI=1S/C14H33N3O2S/c1-7-9-15-10-8-11-16(6)20(18,19)17(14(4)5)12-13(2)3/h13-15H,7-12H2,1-6H3. The van der Waals surface area contributed by atoms with Gasteiger partial charge in [0.15, 0.2) is 0 Å². The maximum atomic E-state index is 12.6. The molecule has 0 saturated carbocycles. The Labute approximate surface area is 125 Å². The molecule has 0 spiro atoms. The molecule has 0 heterocycles. The Morgan fingerprint density at radius 2 is 1.70 bits per heavy atom. The molecule has 0 radical (unpaired) electrons. The summed E-state index contributed by atoms with van der Waals surface area (Å²) in [6.45, 7) is 13.0. The minimum Gasteiger partial charge on any atom is -0.317 e. The fourth-order valence-corrected chi connectivity index (χ4v) is 3.69. The smallest absolute Gasteiger partial charge is 0.281 e. The molecular weight excluding hydrogens is 274 g/mol. The topological polar surface area (TPSA) is 52.7 Å². The van der Waals surface area contributed by atoms with E-state index in [0.29, 0.717) is 19.0 Å². The maximum absolute atomic E-state index is 12.6. The lowest BCUT2D eigenvalue weighted by Crippen LogP contribution is -2.47. The number of nitrogens with zero attached hydrogens (tertiary/aromatic N) is 2. The second kappa shape index (κ2) is 9.71. The quantitative estimate of drug-likeness (QED) is 0.593. The van der Waals surface area contributed by atoms with Crippen molar-refractivity contribution in [2.24, 2.45) is 5.92 Å². The van der Waals surface area contributed by atoms with E-state index in [0.717, 1.165) is 25.9 Å². The number of rotatable bonds is 11. The van der Waals surface area contributed by atoms with Crippen molar-refractivity contribution in [2.75, 3.05) is 33.2 Å². The fourth-order valence-electron chi connectivity index (χ4n) is 1.95. The number of hydrogen-bond donors (Lipinski definition) is 1. The van der Waals surface area contributed by atoms with E-state index in [-0.39, 0.29) is 6.04 Å². The van der Waals surface area contributed by atoms with Crippen molar-refractivity contribution in [2.45, 2.75) is 53.5 Å². The Bertz CT molecular complexity index is 342. The SMILES string of the molecule is CCCNCCCN(C)S(=O)(=O)N(CC(C)C)C(C)C. The van der Waals surface area contributed by atoms with E-state index in [9.17, 15) is 8.42 Å². The lowest BCUT2D eigenvalue weighted by atomic mass is 10.2. The monoisotopic (exact) mass is 307 g/mol. The number of hydrogen-bond acceptors (Lipinski definition) is 3. The minimum absolute atomic E-state index is 0.0110. The van der Waals surface area contributed by atoms with Gasteiger partial charge in [-0.2, -0.15) is 17.0 Å². The van der Waals surface area contributed by atoms with Gasteiger partial charge in [0.2, 0.25) is 0 Å². The molecule has 0 atom stereocenters. The second-order valence-corrected chi connectivity index (χ2v) is 7.98. The summed E-state index contributed by atoms with van der Waals surface area (Å²) < 4.78 is 28.2. The molecule has 0 aromatic rings. The van der Waals surface area contributed by atoms with Crippen LogP contribution in [0.15, 0.2) is 0 Å². The molecule has 122 valence electrons. The van der Waals surface area contributed by atoms with Gasteiger partial charge in [-0.15, -0.1) is 0 Å². The first-order valence-electron chi connectivity index (χ1n) is 7.67. The molecule has 0 aliphatic heterocycles. The molecule has 0 aliphatic rings. The zero-order chi connectivity index (χ0) is 15.8. The van der Waals surface area contributed by atoms with Crippen LogP contribution >= 0.6 is 0 Å². The van der Waals surface area contributed by atoms with Crippen molar-refractivity contribution in [1.82, 2.24) is 13.9 Å². The second-order valence-electron chi connectivity index (χ2n) is 5.99. The third kappa shape index (κ3) is 7.02. The third-order valence-electron chi connectivity index (χ3n) is 3.06. The van der Waals surface area contributed by atoms with E-state index >= 15 is 0 Å². The van der Waals surface area contributed by atoms with Crippen molar-refractivity contribution in [1.29, 1.82) is 0 Å². The molecule has 20 heavy (non-hydrogen) atoms. The van der Waals surface area contributed by atoms with Gasteiger partial charge in [-0.1, -0.05) is 20.8 Å². The first-order valence-corrected chi connectivity index (χ1v) is 9.07. The first-order chi connectivity index (χ1) is 9.23. The van der Waals surface area contributed by atoms with E-state index < -0.39 is 10.2 Å².